The topological polar surface area (TPSA) is 149 Å². The summed E-state index contributed by atoms with van der Waals surface area (Å²) < 4.78 is 25.6. The van der Waals surface area contributed by atoms with Crippen molar-refractivity contribution in [2.75, 3.05) is 62.4 Å². The van der Waals surface area contributed by atoms with Crippen molar-refractivity contribution in [3.8, 4) is 23.0 Å². The number of rotatable bonds is 9. The van der Waals surface area contributed by atoms with Gasteiger partial charge in [-0.3, -0.25) is 20.0 Å². The van der Waals surface area contributed by atoms with E-state index in [4.69, 9.17) is 58.9 Å². The molecule has 0 saturated heterocycles. The van der Waals surface area contributed by atoms with Gasteiger partial charge >= 0.3 is 33.6 Å². The first kappa shape index (κ1) is 78.6. The van der Waals surface area contributed by atoms with Gasteiger partial charge in [0.2, 0.25) is 0 Å². The minimum Gasteiger partial charge on any atom is -0.659 e. The Labute approximate surface area is 626 Å². The quantitative estimate of drug-likeness (QED) is 0.128. The predicted molar refractivity (Wildman–Crippen MR) is 414 cm³/mol. The summed E-state index contributed by atoms with van der Waals surface area (Å²) in [6.07, 6.45) is 16.3. The summed E-state index contributed by atoms with van der Waals surface area (Å²) in [5.74, 6) is 2.96. The van der Waals surface area contributed by atoms with Crippen molar-refractivity contribution < 1.29 is 52.5 Å². The number of aromatic nitrogens is 4. The van der Waals surface area contributed by atoms with Crippen LogP contribution < -0.4 is 48.7 Å². The maximum Gasteiger partial charge on any atom is 2.00 e. The minimum atomic E-state index is -0.308. The van der Waals surface area contributed by atoms with Crippen molar-refractivity contribution in [3.63, 3.8) is 0 Å². The Morgan fingerprint density at radius 2 is 0.569 bits per heavy atom. The number of anilines is 2. The fraction of sp³-hybridized carbons (Fsp3) is 0.349. The molecule has 0 saturated carbocycles. The number of hydrogen-bond donors (Lipinski definition) is 0. The van der Waals surface area contributed by atoms with Crippen molar-refractivity contribution in [3.05, 3.63) is 249 Å². The van der Waals surface area contributed by atoms with Gasteiger partial charge < -0.3 is 48.7 Å². The van der Waals surface area contributed by atoms with Gasteiger partial charge in [0.15, 0.2) is 0 Å². The van der Waals surface area contributed by atoms with Crippen LogP contribution in [0.4, 0.5) is 34.1 Å². The van der Waals surface area contributed by atoms with Crippen molar-refractivity contribution in [1.82, 2.24) is 19.9 Å². The molecule has 14 nitrogen and oxygen atoms in total. The summed E-state index contributed by atoms with van der Waals surface area (Å²) in [4.78, 5) is 44.1. The first-order valence-corrected chi connectivity index (χ1v) is 36.0. The van der Waals surface area contributed by atoms with Crippen LogP contribution in [0, 0.1) is 41.5 Å². The Kier molecular flexibility index (Phi) is 29.5. The smallest absolute Gasteiger partial charge is 0.659 e. The van der Waals surface area contributed by atoms with Crippen molar-refractivity contribution in [2.24, 2.45) is 20.0 Å². The Morgan fingerprint density at radius 1 is 0.333 bits per heavy atom. The number of aliphatic imine (C=N–C) groups is 4. The number of nitrogens with zero attached hydrogens (tertiary/aromatic N) is 10. The maximum atomic E-state index is 6.39. The fourth-order valence-corrected chi connectivity index (χ4v) is 13.9. The molecule has 0 aliphatic carbocycles. The van der Waals surface area contributed by atoms with E-state index in [2.05, 4.69) is 141 Å². The second-order valence-electron chi connectivity index (χ2n) is 26.1. The van der Waals surface area contributed by atoms with Gasteiger partial charge in [0.25, 0.3) is 0 Å². The molecule has 2 aliphatic rings. The normalized spacial score (nSPS) is 14.4. The van der Waals surface area contributed by atoms with Crippen LogP contribution >= 0.6 is 0 Å². The third kappa shape index (κ3) is 19.6. The van der Waals surface area contributed by atoms with Crippen molar-refractivity contribution >= 4 is 59.0 Å². The Balaban J connectivity index is 0.000000235. The molecule has 536 valence electrons. The van der Waals surface area contributed by atoms with Crippen molar-refractivity contribution in [1.29, 1.82) is 0 Å². The van der Waals surface area contributed by atoms with Gasteiger partial charge in [-0.05, 0) is 149 Å². The standard InChI is InChI=1S/2C40H43N5O2.C6H14.2Co/c2*1-6-40(7-2)37-18-16-31(43-37)26-41-33-12-8-10-14-35(33)46-22-20-45(39-29(4)24-28(3)25-30(39)5)21-23-47-36-15-11-9-13-34(36)42-27-32-17-19-38(40)44-32;1-3-5-6-4-2;;/h2*8-19,24-27H,6-7,20-23H2,1-5H3;3-6H2,1-2H3;;/q2*-2;;2*+2. The summed E-state index contributed by atoms with van der Waals surface area (Å²) >= 11 is 0. The first-order chi connectivity index (χ1) is 48.7. The van der Waals surface area contributed by atoms with E-state index in [0.29, 0.717) is 52.6 Å². The van der Waals surface area contributed by atoms with Crippen LogP contribution in [0.1, 0.15) is 172 Å². The predicted octanol–water partition coefficient (Wildman–Crippen LogP) is 19.4. The van der Waals surface area contributed by atoms with Gasteiger partial charge in [0.05, 0.1) is 26.2 Å². The molecule has 12 rings (SSSR count). The van der Waals surface area contributed by atoms with Crippen LogP contribution in [0.3, 0.4) is 0 Å². The molecule has 102 heavy (non-hydrogen) atoms. The minimum absolute atomic E-state index is 0. The van der Waals surface area contributed by atoms with E-state index in [0.717, 1.165) is 117 Å². The Morgan fingerprint density at radius 3 is 0.794 bits per heavy atom. The Hall–Kier alpha value is -9.07. The summed E-state index contributed by atoms with van der Waals surface area (Å²) in [5.41, 5.74) is 19.6. The van der Waals surface area contributed by atoms with Gasteiger partial charge in [0.1, 0.15) is 72.2 Å². The van der Waals surface area contributed by atoms with E-state index in [1.807, 2.05) is 146 Å². The molecule has 0 spiro atoms. The second-order valence-corrected chi connectivity index (χ2v) is 26.1. The zero-order chi connectivity index (χ0) is 70.4. The molecular weight excluding hydrogens is 1350 g/mol. The molecule has 0 N–H and O–H groups in total. The fourth-order valence-electron chi connectivity index (χ4n) is 13.9. The molecule has 4 aromatic heterocycles. The maximum absolute atomic E-state index is 6.39. The summed E-state index contributed by atoms with van der Waals surface area (Å²) in [5, 5.41) is 0. The first-order valence-electron chi connectivity index (χ1n) is 36.0. The second kappa shape index (κ2) is 38.3. The van der Waals surface area contributed by atoms with Crippen LogP contribution in [0.25, 0.3) is 0 Å². The molecule has 8 bridgehead atoms. The molecule has 16 heteroatoms. The third-order valence-electron chi connectivity index (χ3n) is 19.2. The summed E-state index contributed by atoms with van der Waals surface area (Å²) in [6, 6.07) is 57.1. The van der Waals surface area contributed by atoms with Crippen LogP contribution in [0.15, 0.2) is 190 Å². The molecule has 6 aromatic carbocycles. The number of fused-ring (bicyclic) bond motifs is 12. The van der Waals surface area contributed by atoms with Gasteiger partial charge in [0, 0.05) is 36.2 Å². The zero-order valence-corrected chi connectivity index (χ0v) is 63.6. The van der Waals surface area contributed by atoms with Crippen LogP contribution in [0.5, 0.6) is 23.0 Å². The van der Waals surface area contributed by atoms with E-state index in [9.17, 15) is 0 Å². The zero-order valence-electron chi connectivity index (χ0n) is 61.6. The molecule has 10 aromatic rings. The van der Waals surface area contributed by atoms with Crippen LogP contribution in [-0.2, 0) is 44.4 Å². The average molecular weight is 1460 g/mol. The summed E-state index contributed by atoms with van der Waals surface area (Å²) in [7, 11) is 0. The van der Waals surface area contributed by atoms with E-state index >= 15 is 0 Å². The van der Waals surface area contributed by atoms with E-state index < -0.39 is 0 Å². The Bertz CT molecular complexity index is 3860. The third-order valence-corrected chi connectivity index (χ3v) is 19.2. The largest absolute Gasteiger partial charge is 2.00 e. The SMILES string of the molecule is CCC1(CC)c2ccc([n-]2)C=Nc2ccccc2OCCN(c2c(C)cc(C)cc2C)CCOc2ccccc2N=Cc2ccc1[n-]2.CCC1(CC)c2ccc([n-]2)C=Nc2ccccc2OCCN(c2c(C)cc(C)cc2C)CCOc2ccccc2N=Cc2ccc1[n-]2.CCCCCC.[Co+2].[Co+2]. The molecule has 2 aliphatic heterocycles. The van der Waals surface area contributed by atoms with E-state index in [-0.39, 0.29) is 44.4 Å². The van der Waals surface area contributed by atoms with E-state index in [1.165, 1.54) is 70.4 Å². The van der Waals surface area contributed by atoms with Gasteiger partial charge in [-0.2, -0.15) is 22.8 Å². The molecule has 6 heterocycles. The molecule has 0 unspecified atom stereocenters. The molecule has 0 atom stereocenters. The van der Waals surface area contributed by atoms with Crippen LogP contribution in [-0.4, -0.2) is 77.5 Å². The number of benzene rings is 6. The molecular formula is C86H100Co2N10O4. The van der Waals surface area contributed by atoms with E-state index in [1.54, 1.807) is 0 Å². The summed E-state index contributed by atoms with van der Waals surface area (Å²) in [6.45, 7) is 30.9. The number of para-hydroxylation sites is 8. The van der Waals surface area contributed by atoms with Crippen molar-refractivity contribution in [2.45, 2.75) is 145 Å². The number of unbranched alkanes of at least 4 members (excludes halogenated alkanes) is 3. The number of aryl methyl sites for hydroxylation is 6. The van der Waals surface area contributed by atoms with Crippen LogP contribution in [0.2, 0.25) is 0 Å². The van der Waals surface area contributed by atoms with Gasteiger partial charge in [-0.1, -0.05) is 200 Å². The molecule has 2 radical (unpaired) electrons. The number of ether oxygens (including phenoxy) is 4. The van der Waals surface area contributed by atoms with Gasteiger partial charge in [-0.25, -0.2) is 0 Å². The molecule has 0 amide bonds. The van der Waals surface area contributed by atoms with Gasteiger partial charge in [-0.15, -0.1) is 22.8 Å². The number of hydrogen-bond acceptors (Lipinski definition) is 10. The average Bonchev–Trinajstić information content (AvgIpc) is 1.62. The monoisotopic (exact) mass is 1450 g/mol. The molecule has 0 fully saturated rings.